The molecule has 0 bridgehead atoms. The van der Waals surface area contributed by atoms with Gasteiger partial charge in [-0.25, -0.2) is 0 Å². The first-order chi connectivity index (χ1) is 10.5. The molecule has 0 aliphatic carbocycles. The van der Waals surface area contributed by atoms with Crippen molar-refractivity contribution < 1.29 is 10.2 Å². The van der Waals surface area contributed by atoms with Crippen LogP contribution < -0.4 is 0 Å². The number of phenolic OH excluding ortho intramolecular Hbond substituents is 2. The molecule has 0 aromatic heterocycles. The fourth-order valence-electron chi connectivity index (χ4n) is 3.03. The molecule has 0 saturated carbocycles. The number of hydrogen-bond donors (Lipinski definition) is 2. The zero-order chi connectivity index (χ0) is 16.3. The Kier molecular flexibility index (Phi) is 6.37. The van der Waals surface area contributed by atoms with Gasteiger partial charge >= 0.3 is 0 Å². The summed E-state index contributed by atoms with van der Waals surface area (Å²) in [4.78, 5) is 0. The molecule has 118 valence electrons. The van der Waals surface area contributed by atoms with Gasteiger partial charge in [0, 0.05) is 0 Å². The molecule has 2 nitrogen and oxygen atoms in total. The van der Waals surface area contributed by atoms with E-state index in [1.165, 1.54) is 0 Å². The molecule has 2 N–H and O–H groups in total. The van der Waals surface area contributed by atoms with Crippen LogP contribution in [0.4, 0.5) is 0 Å². The molecular weight excluding hydrogens is 502 g/mol. The number of benzene rings is 2. The van der Waals surface area contributed by atoms with Crippen LogP contribution >= 0.6 is 45.2 Å². The van der Waals surface area contributed by atoms with Crippen molar-refractivity contribution >= 4 is 45.2 Å². The van der Waals surface area contributed by atoms with Gasteiger partial charge in [-0.05, 0) is 105 Å². The van der Waals surface area contributed by atoms with E-state index in [0.717, 1.165) is 31.1 Å². The normalized spacial score (nSPS) is 13.8. The van der Waals surface area contributed by atoms with Crippen molar-refractivity contribution in [2.24, 2.45) is 0 Å². The molecule has 4 heteroatoms. The predicted octanol–water partition coefficient (Wildman–Crippen LogP) is 5.99. The minimum absolute atomic E-state index is 0.326. The molecular formula is C18H20I2O2. The Bertz CT molecular complexity index is 598. The van der Waals surface area contributed by atoms with E-state index < -0.39 is 0 Å². The number of halogens is 2. The first-order valence-corrected chi connectivity index (χ1v) is 9.60. The number of phenols is 2. The summed E-state index contributed by atoms with van der Waals surface area (Å²) in [6, 6.07) is 11.9. The summed E-state index contributed by atoms with van der Waals surface area (Å²) >= 11 is 4.28. The summed E-state index contributed by atoms with van der Waals surface area (Å²) < 4.78 is 1.74. The Balaban J connectivity index is 2.41. The molecule has 2 atom stereocenters. The molecule has 22 heavy (non-hydrogen) atoms. The van der Waals surface area contributed by atoms with E-state index in [4.69, 9.17) is 0 Å². The lowest BCUT2D eigenvalue weighted by atomic mass is 9.78. The van der Waals surface area contributed by atoms with Gasteiger partial charge in [-0.2, -0.15) is 0 Å². The highest BCUT2D eigenvalue weighted by Gasteiger charge is 2.23. The SMILES string of the molecule is CC[C@H](c1ccc(I)c(O)c1)[C@@H](CC)c1ccc(I)c(O)c1. The maximum atomic E-state index is 10.0. The monoisotopic (exact) mass is 522 g/mol. The fourth-order valence-corrected chi connectivity index (χ4v) is 3.70. The van der Waals surface area contributed by atoms with Crippen LogP contribution in [0.3, 0.4) is 0 Å². The summed E-state index contributed by atoms with van der Waals surface area (Å²) in [5.74, 6) is 1.34. The topological polar surface area (TPSA) is 40.5 Å². The van der Waals surface area contributed by atoms with Crippen LogP contribution in [-0.4, -0.2) is 10.2 Å². The van der Waals surface area contributed by atoms with Crippen LogP contribution in [0.1, 0.15) is 49.7 Å². The Morgan fingerprint density at radius 1 is 0.773 bits per heavy atom. The Morgan fingerprint density at radius 3 is 1.41 bits per heavy atom. The molecule has 0 spiro atoms. The molecule has 0 aliphatic rings. The van der Waals surface area contributed by atoms with Crippen molar-refractivity contribution in [2.45, 2.75) is 38.5 Å². The Hall–Kier alpha value is -0.500. The minimum atomic E-state index is 0.326. The summed E-state index contributed by atoms with van der Waals surface area (Å²) in [7, 11) is 0. The van der Waals surface area contributed by atoms with E-state index in [9.17, 15) is 10.2 Å². The number of hydrogen-bond acceptors (Lipinski definition) is 2. The van der Waals surface area contributed by atoms with E-state index in [1.807, 2.05) is 24.3 Å². The maximum absolute atomic E-state index is 10.0. The van der Waals surface area contributed by atoms with Gasteiger partial charge in [-0.3, -0.25) is 0 Å². The lowest BCUT2D eigenvalue weighted by Crippen LogP contribution is -2.10. The van der Waals surface area contributed by atoms with Crippen molar-refractivity contribution in [3.63, 3.8) is 0 Å². The number of rotatable bonds is 5. The zero-order valence-corrected chi connectivity index (χ0v) is 17.0. The summed E-state index contributed by atoms with van der Waals surface area (Å²) in [5, 5.41) is 20.0. The smallest absolute Gasteiger partial charge is 0.129 e. The lowest BCUT2D eigenvalue weighted by molar-refractivity contribution is 0.459. The van der Waals surface area contributed by atoms with E-state index >= 15 is 0 Å². The van der Waals surface area contributed by atoms with E-state index in [2.05, 4.69) is 71.2 Å². The molecule has 0 fully saturated rings. The van der Waals surface area contributed by atoms with Gasteiger partial charge in [-0.15, -0.1) is 0 Å². The minimum Gasteiger partial charge on any atom is -0.507 e. The average Bonchev–Trinajstić information content (AvgIpc) is 2.50. The number of aromatic hydroxyl groups is 2. The first-order valence-electron chi connectivity index (χ1n) is 7.44. The standard InChI is InChI=1S/C18H20I2O2/c1-3-13(11-5-7-15(19)17(21)9-11)14(4-2)12-6-8-16(20)18(22)10-12/h5-10,13-14,21-22H,3-4H2,1-2H3/t13-,14+. The molecule has 0 heterocycles. The average molecular weight is 522 g/mol. The van der Waals surface area contributed by atoms with E-state index in [1.54, 1.807) is 0 Å². The van der Waals surface area contributed by atoms with Crippen LogP contribution in [0.2, 0.25) is 0 Å². The van der Waals surface area contributed by atoms with Gasteiger partial charge in [0.2, 0.25) is 0 Å². The maximum Gasteiger partial charge on any atom is 0.129 e. The highest BCUT2D eigenvalue weighted by Crippen LogP contribution is 2.40. The van der Waals surface area contributed by atoms with Gasteiger partial charge in [0.1, 0.15) is 11.5 Å². The third-order valence-corrected chi connectivity index (χ3v) is 5.99. The highest BCUT2D eigenvalue weighted by molar-refractivity contribution is 14.1. The third-order valence-electron chi connectivity index (χ3n) is 4.16. The molecule has 0 saturated heterocycles. The lowest BCUT2D eigenvalue weighted by Gasteiger charge is -2.27. The molecule has 0 radical (unpaired) electrons. The van der Waals surface area contributed by atoms with E-state index in [0.29, 0.717) is 23.3 Å². The molecule has 2 rings (SSSR count). The van der Waals surface area contributed by atoms with Gasteiger partial charge in [0.15, 0.2) is 0 Å². The van der Waals surface area contributed by atoms with Crippen molar-refractivity contribution in [3.8, 4) is 11.5 Å². The Labute approximate surface area is 159 Å². The van der Waals surface area contributed by atoms with Crippen LogP contribution in [-0.2, 0) is 0 Å². The summed E-state index contributed by atoms with van der Waals surface area (Å²) in [5.41, 5.74) is 2.32. The zero-order valence-electron chi connectivity index (χ0n) is 12.7. The predicted molar refractivity (Wildman–Crippen MR) is 108 cm³/mol. The fraction of sp³-hybridized carbons (Fsp3) is 0.333. The molecule has 0 unspecified atom stereocenters. The summed E-state index contributed by atoms with van der Waals surface area (Å²) in [6.45, 7) is 4.35. The Morgan fingerprint density at radius 2 is 1.14 bits per heavy atom. The molecule has 2 aromatic rings. The van der Waals surface area contributed by atoms with Crippen molar-refractivity contribution in [1.29, 1.82) is 0 Å². The largest absolute Gasteiger partial charge is 0.507 e. The van der Waals surface area contributed by atoms with Crippen LogP contribution in [0, 0.1) is 7.14 Å². The molecule has 0 amide bonds. The van der Waals surface area contributed by atoms with Gasteiger partial charge in [-0.1, -0.05) is 26.0 Å². The molecule has 2 aromatic carbocycles. The van der Waals surface area contributed by atoms with Crippen LogP contribution in [0.5, 0.6) is 11.5 Å². The van der Waals surface area contributed by atoms with Gasteiger partial charge in [0.05, 0.1) is 7.14 Å². The second-order valence-corrected chi connectivity index (χ2v) is 7.78. The summed E-state index contributed by atoms with van der Waals surface area (Å²) in [6.07, 6.45) is 1.98. The second kappa shape index (κ2) is 7.86. The van der Waals surface area contributed by atoms with Gasteiger partial charge < -0.3 is 10.2 Å². The van der Waals surface area contributed by atoms with Crippen molar-refractivity contribution in [1.82, 2.24) is 0 Å². The van der Waals surface area contributed by atoms with Gasteiger partial charge in [0.25, 0.3) is 0 Å². The van der Waals surface area contributed by atoms with Crippen LogP contribution in [0.15, 0.2) is 36.4 Å². The third kappa shape index (κ3) is 3.88. The quantitative estimate of drug-likeness (QED) is 0.474. The van der Waals surface area contributed by atoms with Crippen LogP contribution in [0.25, 0.3) is 0 Å². The molecule has 0 aliphatic heterocycles. The first kappa shape index (κ1) is 17.8. The van der Waals surface area contributed by atoms with E-state index in [-0.39, 0.29) is 0 Å². The highest BCUT2D eigenvalue weighted by atomic mass is 127. The van der Waals surface area contributed by atoms with Crippen molar-refractivity contribution in [3.05, 3.63) is 54.7 Å². The second-order valence-electron chi connectivity index (χ2n) is 5.45. The van der Waals surface area contributed by atoms with Crippen molar-refractivity contribution in [2.75, 3.05) is 0 Å².